The van der Waals surface area contributed by atoms with Gasteiger partial charge in [0.05, 0.1) is 17.1 Å². The van der Waals surface area contributed by atoms with Crippen LogP contribution in [0, 0.1) is 0 Å². The molecule has 1 aromatic carbocycles. The standard InChI is InChI=1S/C16H19N3O5S/c1-2-24-16(21)13-6-8-14(9-7-13)25(22,23)18-11-4-12-19-15(20)5-3-10-17-19/h3,5-10,18H,2,4,11-12H2,1H3. The first kappa shape index (κ1) is 18.8. The molecule has 0 amide bonds. The number of benzene rings is 1. The van der Waals surface area contributed by atoms with Gasteiger partial charge in [-0.2, -0.15) is 5.10 Å². The third-order valence-corrected chi connectivity index (χ3v) is 4.78. The second-order valence-corrected chi connectivity index (χ2v) is 6.85. The van der Waals surface area contributed by atoms with Gasteiger partial charge in [0.25, 0.3) is 5.56 Å². The van der Waals surface area contributed by atoms with E-state index in [9.17, 15) is 18.0 Å². The number of sulfonamides is 1. The lowest BCUT2D eigenvalue weighted by Gasteiger charge is -2.08. The Morgan fingerprint density at radius 1 is 1.24 bits per heavy atom. The van der Waals surface area contributed by atoms with E-state index in [0.717, 1.165) is 0 Å². The Kier molecular flexibility index (Phi) is 6.43. The highest BCUT2D eigenvalue weighted by Crippen LogP contribution is 2.11. The highest BCUT2D eigenvalue weighted by molar-refractivity contribution is 7.89. The van der Waals surface area contributed by atoms with Crippen LogP contribution in [0.4, 0.5) is 0 Å². The number of rotatable bonds is 8. The molecule has 0 atom stereocenters. The number of hydrogen-bond donors (Lipinski definition) is 1. The van der Waals surface area contributed by atoms with Crippen LogP contribution in [0.15, 0.2) is 52.3 Å². The fourth-order valence-corrected chi connectivity index (χ4v) is 3.13. The molecule has 0 aliphatic rings. The Morgan fingerprint density at radius 3 is 2.60 bits per heavy atom. The normalized spacial score (nSPS) is 11.2. The molecule has 0 spiro atoms. The van der Waals surface area contributed by atoms with E-state index < -0.39 is 16.0 Å². The minimum atomic E-state index is -3.69. The summed E-state index contributed by atoms with van der Waals surface area (Å²) in [5.74, 6) is -0.500. The molecule has 1 N–H and O–H groups in total. The van der Waals surface area contributed by atoms with E-state index in [1.807, 2.05) is 0 Å². The first-order valence-electron chi connectivity index (χ1n) is 7.73. The van der Waals surface area contributed by atoms with Crippen molar-refractivity contribution >= 4 is 16.0 Å². The average Bonchev–Trinajstić information content (AvgIpc) is 2.60. The molecule has 2 rings (SSSR count). The van der Waals surface area contributed by atoms with Crippen LogP contribution in [0.1, 0.15) is 23.7 Å². The number of ether oxygens (including phenoxy) is 1. The third kappa shape index (κ3) is 5.23. The van der Waals surface area contributed by atoms with Crippen molar-refractivity contribution in [3.63, 3.8) is 0 Å². The van der Waals surface area contributed by atoms with Gasteiger partial charge in [-0.05, 0) is 43.7 Å². The summed E-state index contributed by atoms with van der Waals surface area (Å²) in [7, 11) is -3.69. The van der Waals surface area contributed by atoms with Gasteiger partial charge in [0.2, 0.25) is 10.0 Å². The number of nitrogens with one attached hydrogen (secondary N) is 1. The SMILES string of the molecule is CCOC(=O)c1ccc(S(=O)(=O)NCCCn2ncccc2=O)cc1. The summed E-state index contributed by atoms with van der Waals surface area (Å²) in [6, 6.07) is 8.43. The average molecular weight is 365 g/mol. The third-order valence-electron chi connectivity index (χ3n) is 3.30. The number of esters is 1. The fourth-order valence-electron chi connectivity index (χ4n) is 2.06. The largest absolute Gasteiger partial charge is 0.462 e. The molecule has 2 aromatic rings. The summed E-state index contributed by atoms with van der Waals surface area (Å²) >= 11 is 0. The van der Waals surface area contributed by atoms with E-state index in [2.05, 4.69) is 9.82 Å². The van der Waals surface area contributed by atoms with E-state index in [0.29, 0.717) is 13.0 Å². The number of aromatic nitrogens is 2. The van der Waals surface area contributed by atoms with Crippen molar-refractivity contribution in [2.75, 3.05) is 13.2 Å². The van der Waals surface area contributed by atoms with Crippen LogP contribution in [-0.4, -0.2) is 37.3 Å². The number of aryl methyl sites for hydroxylation is 1. The predicted molar refractivity (Wildman–Crippen MR) is 90.7 cm³/mol. The lowest BCUT2D eigenvalue weighted by molar-refractivity contribution is 0.0526. The molecule has 0 unspecified atom stereocenters. The maximum atomic E-state index is 12.2. The molecule has 25 heavy (non-hydrogen) atoms. The molecular weight excluding hydrogens is 346 g/mol. The minimum absolute atomic E-state index is 0.0514. The van der Waals surface area contributed by atoms with Gasteiger partial charge in [-0.15, -0.1) is 0 Å². The van der Waals surface area contributed by atoms with Crippen LogP contribution in [0.2, 0.25) is 0 Å². The zero-order chi connectivity index (χ0) is 18.3. The molecule has 0 aliphatic carbocycles. The van der Waals surface area contributed by atoms with Gasteiger partial charge in [-0.3, -0.25) is 4.79 Å². The second-order valence-electron chi connectivity index (χ2n) is 5.08. The molecule has 1 aromatic heterocycles. The van der Waals surface area contributed by atoms with Gasteiger partial charge in [0, 0.05) is 25.4 Å². The van der Waals surface area contributed by atoms with Gasteiger partial charge in [0.1, 0.15) is 0 Å². The monoisotopic (exact) mass is 365 g/mol. The molecular formula is C16H19N3O5S. The number of carbonyl (C=O) groups excluding carboxylic acids is 1. The van der Waals surface area contributed by atoms with Crippen LogP contribution < -0.4 is 10.3 Å². The second kappa shape index (κ2) is 8.54. The summed E-state index contributed by atoms with van der Waals surface area (Å²) in [5, 5.41) is 3.89. The van der Waals surface area contributed by atoms with E-state index in [1.54, 1.807) is 13.0 Å². The molecule has 0 bridgehead atoms. The lowest BCUT2D eigenvalue weighted by atomic mass is 10.2. The summed E-state index contributed by atoms with van der Waals surface area (Å²) < 4.78 is 33.0. The van der Waals surface area contributed by atoms with E-state index in [-0.39, 0.29) is 29.2 Å². The van der Waals surface area contributed by atoms with Crippen molar-refractivity contribution in [3.8, 4) is 0 Å². The molecule has 9 heteroatoms. The Labute approximate surface area is 145 Å². The fraction of sp³-hybridized carbons (Fsp3) is 0.312. The molecule has 0 saturated heterocycles. The van der Waals surface area contributed by atoms with Crippen LogP contribution in [-0.2, 0) is 21.3 Å². The Bertz CT molecular complexity index is 875. The van der Waals surface area contributed by atoms with Gasteiger partial charge in [0.15, 0.2) is 0 Å². The van der Waals surface area contributed by atoms with E-state index in [4.69, 9.17) is 4.74 Å². The van der Waals surface area contributed by atoms with Gasteiger partial charge < -0.3 is 4.74 Å². The Morgan fingerprint density at radius 2 is 1.96 bits per heavy atom. The number of nitrogens with zero attached hydrogens (tertiary/aromatic N) is 2. The van der Waals surface area contributed by atoms with Crippen molar-refractivity contribution in [1.29, 1.82) is 0 Å². The van der Waals surface area contributed by atoms with Gasteiger partial charge in [-0.25, -0.2) is 22.6 Å². The summed E-state index contributed by atoms with van der Waals surface area (Å²) in [6.45, 7) is 2.41. The van der Waals surface area contributed by atoms with Crippen molar-refractivity contribution < 1.29 is 17.9 Å². The molecule has 0 fully saturated rings. The van der Waals surface area contributed by atoms with E-state index in [1.165, 1.54) is 41.2 Å². The Hall–Kier alpha value is -2.52. The highest BCUT2D eigenvalue weighted by Gasteiger charge is 2.14. The molecule has 0 saturated carbocycles. The highest BCUT2D eigenvalue weighted by atomic mass is 32.2. The van der Waals surface area contributed by atoms with Crippen LogP contribution in [0.25, 0.3) is 0 Å². The number of hydrogen-bond acceptors (Lipinski definition) is 6. The van der Waals surface area contributed by atoms with Crippen LogP contribution >= 0.6 is 0 Å². The maximum absolute atomic E-state index is 12.2. The smallest absolute Gasteiger partial charge is 0.338 e. The van der Waals surface area contributed by atoms with Crippen molar-refractivity contribution in [2.45, 2.75) is 24.8 Å². The quantitative estimate of drug-likeness (QED) is 0.547. The first-order chi connectivity index (χ1) is 11.9. The van der Waals surface area contributed by atoms with Crippen LogP contribution in [0.5, 0.6) is 0 Å². The van der Waals surface area contributed by atoms with Crippen molar-refractivity contribution in [1.82, 2.24) is 14.5 Å². The first-order valence-corrected chi connectivity index (χ1v) is 9.21. The predicted octanol–water partition coefficient (Wildman–Crippen LogP) is 0.789. The Balaban J connectivity index is 1.92. The lowest BCUT2D eigenvalue weighted by Crippen LogP contribution is -2.28. The van der Waals surface area contributed by atoms with Gasteiger partial charge >= 0.3 is 5.97 Å². The van der Waals surface area contributed by atoms with Gasteiger partial charge in [-0.1, -0.05) is 0 Å². The molecule has 1 heterocycles. The topological polar surface area (TPSA) is 107 Å². The number of carbonyl (C=O) groups is 1. The summed E-state index contributed by atoms with van der Waals surface area (Å²) in [4.78, 5) is 23.1. The minimum Gasteiger partial charge on any atom is -0.462 e. The summed E-state index contributed by atoms with van der Waals surface area (Å²) in [6.07, 6.45) is 1.91. The zero-order valence-corrected chi connectivity index (χ0v) is 14.5. The molecule has 8 nitrogen and oxygen atoms in total. The summed E-state index contributed by atoms with van der Waals surface area (Å²) in [5.41, 5.74) is 0.0511. The van der Waals surface area contributed by atoms with Crippen LogP contribution in [0.3, 0.4) is 0 Å². The zero-order valence-electron chi connectivity index (χ0n) is 13.7. The molecule has 0 radical (unpaired) electrons. The van der Waals surface area contributed by atoms with Crippen molar-refractivity contribution in [3.05, 3.63) is 58.5 Å². The maximum Gasteiger partial charge on any atom is 0.338 e. The van der Waals surface area contributed by atoms with E-state index >= 15 is 0 Å². The molecule has 134 valence electrons. The molecule has 0 aliphatic heterocycles. The van der Waals surface area contributed by atoms with Crippen molar-refractivity contribution in [2.24, 2.45) is 0 Å².